The summed E-state index contributed by atoms with van der Waals surface area (Å²) in [6.07, 6.45) is -0.458. The number of nitrogens with one attached hydrogen (secondary N) is 1. The zero-order valence-corrected chi connectivity index (χ0v) is 9.40. The average molecular weight is 258 g/mol. The highest BCUT2D eigenvalue weighted by molar-refractivity contribution is 7.85. The molecule has 1 rings (SSSR count). The van der Waals surface area contributed by atoms with E-state index in [0.29, 0.717) is 5.69 Å². The van der Waals surface area contributed by atoms with E-state index in [4.69, 9.17) is 10.3 Å². The van der Waals surface area contributed by atoms with Crippen LogP contribution in [0.5, 0.6) is 0 Å². The van der Waals surface area contributed by atoms with E-state index in [2.05, 4.69) is 5.32 Å². The highest BCUT2D eigenvalue weighted by atomic mass is 32.2. The Morgan fingerprint density at radius 3 is 2.18 bits per heavy atom. The first kappa shape index (κ1) is 13.1. The quantitative estimate of drug-likeness (QED) is 0.507. The van der Waals surface area contributed by atoms with E-state index in [1.165, 1.54) is 12.1 Å². The minimum atomic E-state index is -4.25. The van der Waals surface area contributed by atoms with E-state index in [1.54, 1.807) is 0 Å². The van der Waals surface area contributed by atoms with Crippen LogP contribution in [0, 0.1) is 0 Å². The van der Waals surface area contributed by atoms with Gasteiger partial charge in [0.15, 0.2) is 0 Å². The second-order valence-electron chi connectivity index (χ2n) is 3.19. The predicted molar refractivity (Wildman–Crippen MR) is 58.7 cm³/mol. The van der Waals surface area contributed by atoms with Crippen molar-refractivity contribution in [2.75, 3.05) is 5.32 Å². The molecule has 0 saturated carbocycles. The summed E-state index contributed by atoms with van der Waals surface area (Å²) in [6, 6.07) is 4.80. The largest absolute Gasteiger partial charge is 0.369 e. The summed E-state index contributed by atoms with van der Waals surface area (Å²) < 4.78 is 30.1. The Labute approximate surface area is 97.4 Å². The van der Waals surface area contributed by atoms with Gasteiger partial charge in [-0.05, 0) is 24.3 Å². The number of rotatable bonds is 4. The summed E-state index contributed by atoms with van der Waals surface area (Å²) in [5.74, 6) is -1.37. The average Bonchev–Trinajstić information content (AvgIpc) is 2.15. The van der Waals surface area contributed by atoms with Crippen molar-refractivity contribution in [1.82, 2.24) is 0 Å². The van der Waals surface area contributed by atoms with Gasteiger partial charge in [0.2, 0.25) is 11.8 Å². The molecule has 0 aliphatic rings. The first-order valence-electron chi connectivity index (χ1n) is 4.45. The summed E-state index contributed by atoms with van der Waals surface area (Å²) in [7, 11) is -4.25. The van der Waals surface area contributed by atoms with Crippen molar-refractivity contribution in [1.29, 1.82) is 0 Å². The lowest BCUT2D eigenvalue weighted by Gasteiger charge is -2.04. The number of carbonyl (C=O) groups is 2. The van der Waals surface area contributed by atoms with E-state index in [1.807, 2.05) is 0 Å². The van der Waals surface area contributed by atoms with E-state index in [9.17, 15) is 18.0 Å². The summed E-state index contributed by atoms with van der Waals surface area (Å²) >= 11 is 0. The van der Waals surface area contributed by atoms with Crippen LogP contribution >= 0.6 is 0 Å². The molecule has 92 valence electrons. The van der Waals surface area contributed by atoms with Crippen LogP contribution in [0.1, 0.15) is 6.42 Å². The fraction of sp³-hybridized carbons (Fsp3) is 0.111. The van der Waals surface area contributed by atoms with Crippen LogP contribution in [-0.2, 0) is 19.7 Å². The molecule has 0 heterocycles. The lowest BCUT2D eigenvalue weighted by Crippen LogP contribution is -2.21. The Hall–Kier alpha value is -1.93. The molecule has 0 bridgehead atoms. The Bertz CT molecular complexity index is 535. The van der Waals surface area contributed by atoms with Gasteiger partial charge in [0.05, 0.1) is 4.90 Å². The maximum atomic E-state index is 11.1. The molecule has 0 spiro atoms. The smallest absolute Gasteiger partial charge is 0.294 e. The number of carbonyl (C=O) groups excluding carboxylic acids is 2. The van der Waals surface area contributed by atoms with Gasteiger partial charge < -0.3 is 11.1 Å². The topological polar surface area (TPSA) is 127 Å². The first-order valence-corrected chi connectivity index (χ1v) is 5.89. The molecular weight excluding hydrogens is 248 g/mol. The molecule has 0 radical (unpaired) electrons. The zero-order chi connectivity index (χ0) is 13.1. The molecule has 1 aromatic carbocycles. The third-order valence-corrected chi connectivity index (χ3v) is 2.64. The summed E-state index contributed by atoms with van der Waals surface area (Å²) in [5, 5.41) is 2.34. The highest BCUT2D eigenvalue weighted by Crippen LogP contribution is 2.13. The molecule has 0 aromatic heterocycles. The predicted octanol–water partition coefficient (Wildman–Crippen LogP) is -0.253. The van der Waals surface area contributed by atoms with E-state index in [0.717, 1.165) is 12.1 Å². The fourth-order valence-corrected chi connectivity index (χ4v) is 1.55. The standard InChI is InChI=1S/C9H10N2O5S/c10-8(12)5-9(13)11-6-1-3-7(4-2-6)17(14,15)16/h1-4H,5H2,(H2,10,12)(H,11,13)(H,14,15,16). The number of hydrogen-bond acceptors (Lipinski definition) is 4. The molecule has 0 unspecified atom stereocenters. The van der Waals surface area contributed by atoms with Crippen LogP contribution in [0.3, 0.4) is 0 Å². The molecular formula is C9H10N2O5S. The number of nitrogens with two attached hydrogens (primary N) is 1. The Morgan fingerprint density at radius 1 is 1.24 bits per heavy atom. The zero-order valence-electron chi connectivity index (χ0n) is 8.58. The maximum Gasteiger partial charge on any atom is 0.294 e. The van der Waals surface area contributed by atoms with Gasteiger partial charge in [-0.1, -0.05) is 0 Å². The van der Waals surface area contributed by atoms with E-state index < -0.39 is 28.4 Å². The van der Waals surface area contributed by atoms with Crippen molar-refractivity contribution in [3.05, 3.63) is 24.3 Å². The van der Waals surface area contributed by atoms with Crippen molar-refractivity contribution in [2.45, 2.75) is 11.3 Å². The normalized spacial score (nSPS) is 10.9. The number of primary amides is 1. The van der Waals surface area contributed by atoms with Gasteiger partial charge in [0.1, 0.15) is 6.42 Å². The second kappa shape index (κ2) is 4.93. The highest BCUT2D eigenvalue weighted by Gasteiger charge is 2.10. The molecule has 0 saturated heterocycles. The van der Waals surface area contributed by atoms with Gasteiger partial charge in [0, 0.05) is 5.69 Å². The third-order valence-electron chi connectivity index (χ3n) is 1.77. The SMILES string of the molecule is NC(=O)CC(=O)Nc1ccc(S(=O)(=O)O)cc1. The van der Waals surface area contributed by atoms with Gasteiger partial charge in [-0.3, -0.25) is 14.1 Å². The van der Waals surface area contributed by atoms with E-state index in [-0.39, 0.29) is 4.90 Å². The van der Waals surface area contributed by atoms with Crippen LogP contribution in [-0.4, -0.2) is 24.8 Å². The van der Waals surface area contributed by atoms with Gasteiger partial charge in [-0.15, -0.1) is 0 Å². The van der Waals surface area contributed by atoms with Crippen molar-refractivity contribution < 1.29 is 22.6 Å². The third kappa shape index (κ3) is 4.21. The minimum absolute atomic E-state index is 0.287. The molecule has 1 aromatic rings. The van der Waals surface area contributed by atoms with Crippen molar-refractivity contribution in [3.8, 4) is 0 Å². The molecule has 7 nitrogen and oxygen atoms in total. The van der Waals surface area contributed by atoms with Crippen molar-refractivity contribution >= 4 is 27.6 Å². The number of amides is 2. The Morgan fingerprint density at radius 2 is 1.76 bits per heavy atom. The van der Waals surface area contributed by atoms with Crippen LogP contribution in [0.25, 0.3) is 0 Å². The Kier molecular flexibility index (Phi) is 3.81. The Balaban J connectivity index is 2.76. The summed E-state index contributed by atoms with van der Waals surface area (Å²) in [4.78, 5) is 21.3. The van der Waals surface area contributed by atoms with E-state index >= 15 is 0 Å². The van der Waals surface area contributed by atoms with Crippen LogP contribution in [0.4, 0.5) is 5.69 Å². The number of hydrogen-bond donors (Lipinski definition) is 3. The first-order chi connectivity index (χ1) is 7.79. The molecule has 2 amide bonds. The molecule has 0 aliphatic carbocycles. The molecule has 4 N–H and O–H groups in total. The van der Waals surface area contributed by atoms with Gasteiger partial charge >= 0.3 is 0 Å². The van der Waals surface area contributed by atoms with Crippen molar-refractivity contribution in [3.63, 3.8) is 0 Å². The van der Waals surface area contributed by atoms with Crippen molar-refractivity contribution in [2.24, 2.45) is 5.73 Å². The number of benzene rings is 1. The lowest BCUT2D eigenvalue weighted by molar-refractivity contribution is -0.124. The van der Waals surface area contributed by atoms with Gasteiger partial charge in [-0.2, -0.15) is 8.42 Å². The second-order valence-corrected chi connectivity index (χ2v) is 4.61. The van der Waals surface area contributed by atoms with Gasteiger partial charge in [-0.25, -0.2) is 0 Å². The molecule has 0 fully saturated rings. The summed E-state index contributed by atoms with van der Waals surface area (Å²) in [5.41, 5.74) is 5.11. The van der Waals surface area contributed by atoms with Crippen LogP contribution in [0.2, 0.25) is 0 Å². The lowest BCUT2D eigenvalue weighted by atomic mass is 10.3. The maximum absolute atomic E-state index is 11.1. The molecule has 17 heavy (non-hydrogen) atoms. The molecule has 8 heteroatoms. The van der Waals surface area contributed by atoms with Crippen LogP contribution < -0.4 is 11.1 Å². The molecule has 0 aliphatic heterocycles. The number of anilines is 1. The monoisotopic (exact) mass is 258 g/mol. The summed E-state index contributed by atoms with van der Waals surface area (Å²) in [6.45, 7) is 0. The minimum Gasteiger partial charge on any atom is -0.369 e. The van der Waals surface area contributed by atoms with Crippen LogP contribution in [0.15, 0.2) is 29.2 Å². The van der Waals surface area contributed by atoms with Gasteiger partial charge in [0.25, 0.3) is 10.1 Å². The molecule has 0 atom stereocenters. The fourth-order valence-electron chi connectivity index (χ4n) is 1.07.